The third-order valence-electron chi connectivity index (χ3n) is 4.73. The van der Waals surface area contributed by atoms with Crippen LogP contribution in [0.25, 0.3) is 0 Å². The van der Waals surface area contributed by atoms with Crippen molar-refractivity contribution in [3.05, 3.63) is 82.8 Å². The van der Waals surface area contributed by atoms with E-state index in [1.54, 1.807) is 24.3 Å². The van der Waals surface area contributed by atoms with Gasteiger partial charge in [-0.05, 0) is 60.5 Å². The number of ether oxygens (including phenoxy) is 1. The molecule has 1 aliphatic heterocycles. The number of carbonyl (C=O) groups excluding carboxylic acids is 1. The first-order valence-corrected chi connectivity index (χ1v) is 11.6. The molecular weight excluding hydrogens is 468 g/mol. The van der Waals surface area contributed by atoms with Gasteiger partial charge in [-0.3, -0.25) is 9.10 Å². The number of para-hydroxylation sites is 1. The van der Waals surface area contributed by atoms with Gasteiger partial charge in [0.2, 0.25) is 0 Å². The lowest BCUT2D eigenvalue weighted by Gasteiger charge is -2.19. The molecule has 30 heavy (non-hydrogen) atoms. The molecule has 0 bridgehead atoms. The molecule has 0 saturated carbocycles. The Hall–Kier alpha value is -2.84. The molecule has 0 spiro atoms. The quantitative estimate of drug-likeness (QED) is 0.565. The number of nitrogens with one attached hydrogen (secondary N) is 1. The standard InChI is InChI=1S/C22H19BrN2O4S/c23-17-5-3-6-18(14-17)24-22(26)15-29-19-8-10-20(11-9-19)30(27,28)25-13-12-16-4-1-2-7-21(16)25/h1-11,14H,12-13,15H2,(H,24,26). The predicted octanol–water partition coefficient (Wildman–Crippen LogP) is 4.22. The van der Waals surface area contributed by atoms with E-state index in [0.29, 0.717) is 24.4 Å². The van der Waals surface area contributed by atoms with Gasteiger partial charge < -0.3 is 10.1 Å². The molecule has 6 nitrogen and oxygen atoms in total. The summed E-state index contributed by atoms with van der Waals surface area (Å²) in [6, 6.07) is 20.9. The molecule has 1 amide bonds. The molecule has 0 atom stereocenters. The number of halogens is 1. The molecule has 8 heteroatoms. The van der Waals surface area contributed by atoms with Crippen LogP contribution in [0.4, 0.5) is 11.4 Å². The van der Waals surface area contributed by atoms with Gasteiger partial charge in [-0.25, -0.2) is 8.42 Å². The molecule has 1 aliphatic rings. The highest BCUT2D eigenvalue weighted by Gasteiger charge is 2.30. The smallest absolute Gasteiger partial charge is 0.264 e. The molecular formula is C22H19BrN2O4S. The lowest BCUT2D eigenvalue weighted by atomic mass is 10.2. The van der Waals surface area contributed by atoms with Gasteiger partial charge >= 0.3 is 0 Å². The van der Waals surface area contributed by atoms with E-state index in [9.17, 15) is 13.2 Å². The monoisotopic (exact) mass is 486 g/mol. The Bertz CT molecular complexity index is 1180. The van der Waals surface area contributed by atoms with Crippen LogP contribution in [0.3, 0.4) is 0 Å². The lowest BCUT2D eigenvalue weighted by molar-refractivity contribution is -0.118. The summed E-state index contributed by atoms with van der Waals surface area (Å²) in [5, 5.41) is 2.74. The third kappa shape index (κ3) is 4.34. The van der Waals surface area contributed by atoms with Gasteiger partial charge in [0.15, 0.2) is 6.61 Å². The minimum atomic E-state index is -3.65. The van der Waals surface area contributed by atoms with Gasteiger partial charge in [0.05, 0.1) is 10.6 Å². The second-order valence-electron chi connectivity index (χ2n) is 6.77. The maximum Gasteiger partial charge on any atom is 0.264 e. The number of carbonyl (C=O) groups is 1. The molecule has 0 unspecified atom stereocenters. The van der Waals surface area contributed by atoms with E-state index >= 15 is 0 Å². The van der Waals surface area contributed by atoms with Gasteiger partial charge in [-0.1, -0.05) is 40.2 Å². The SMILES string of the molecule is O=C(COc1ccc(S(=O)(=O)N2CCc3ccccc32)cc1)Nc1cccc(Br)c1. The molecule has 3 aromatic carbocycles. The molecule has 0 aromatic heterocycles. The van der Waals surface area contributed by atoms with E-state index in [-0.39, 0.29) is 17.4 Å². The first-order chi connectivity index (χ1) is 14.4. The molecule has 0 fully saturated rings. The van der Waals surface area contributed by atoms with E-state index in [1.165, 1.54) is 16.4 Å². The average molecular weight is 487 g/mol. The van der Waals surface area contributed by atoms with E-state index in [4.69, 9.17) is 4.74 Å². The van der Waals surface area contributed by atoms with Crippen LogP contribution in [0, 0.1) is 0 Å². The summed E-state index contributed by atoms with van der Waals surface area (Å²) < 4.78 is 33.8. The second kappa shape index (κ2) is 8.49. The zero-order valence-electron chi connectivity index (χ0n) is 15.9. The van der Waals surface area contributed by atoms with E-state index in [1.807, 2.05) is 36.4 Å². The molecule has 154 valence electrons. The number of benzene rings is 3. The summed E-state index contributed by atoms with van der Waals surface area (Å²) in [7, 11) is -3.65. The van der Waals surface area contributed by atoms with E-state index < -0.39 is 10.0 Å². The van der Waals surface area contributed by atoms with Crippen LogP contribution in [-0.4, -0.2) is 27.5 Å². The number of anilines is 2. The number of rotatable bonds is 6. The van der Waals surface area contributed by atoms with E-state index in [2.05, 4.69) is 21.2 Å². The maximum atomic E-state index is 13.0. The van der Waals surface area contributed by atoms with Crippen molar-refractivity contribution in [1.82, 2.24) is 0 Å². The topological polar surface area (TPSA) is 75.7 Å². The van der Waals surface area contributed by atoms with Crippen molar-refractivity contribution in [2.45, 2.75) is 11.3 Å². The van der Waals surface area contributed by atoms with Crippen molar-refractivity contribution in [3.8, 4) is 5.75 Å². The fraction of sp³-hybridized carbons (Fsp3) is 0.136. The molecule has 4 rings (SSSR count). The first kappa shape index (κ1) is 20.4. The van der Waals surface area contributed by atoms with Gasteiger partial charge in [-0.2, -0.15) is 0 Å². The first-order valence-electron chi connectivity index (χ1n) is 9.32. The highest BCUT2D eigenvalue weighted by atomic mass is 79.9. The Kier molecular flexibility index (Phi) is 5.78. The Morgan fingerprint density at radius 1 is 1.03 bits per heavy atom. The lowest BCUT2D eigenvalue weighted by Crippen LogP contribution is -2.29. The highest BCUT2D eigenvalue weighted by Crippen LogP contribution is 2.33. The Morgan fingerprint density at radius 2 is 1.80 bits per heavy atom. The molecule has 0 saturated heterocycles. The molecule has 0 radical (unpaired) electrons. The van der Waals surface area contributed by atoms with Crippen LogP contribution < -0.4 is 14.4 Å². The van der Waals surface area contributed by atoms with Gasteiger partial charge in [0.25, 0.3) is 15.9 Å². The number of fused-ring (bicyclic) bond motifs is 1. The number of hydrogen-bond acceptors (Lipinski definition) is 4. The Labute approximate surface area is 183 Å². The minimum absolute atomic E-state index is 0.182. The summed E-state index contributed by atoms with van der Waals surface area (Å²) in [5.74, 6) is 0.110. The summed E-state index contributed by atoms with van der Waals surface area (Å²) in [6.45, 7) is 0.244. The van der Waals surface area contributed by atoms with Crippen molar-refractivity contribution in [2.75, 3.05) is 22.8 Å². The van der Waals surface area contributed by atoms with E-state index in [0.717, 1.165) is 15.7 Å². The Morgan fingerprint density at radius 3 is 2.57 bits per heavy atom. The molecule has 1 N–H and O–H groups in total. The van der Waals surface area contributed by atoms with Gasteiger partial charge in [0.1, 0.15) is 5.75 Å². The maximum absolute atomic E-state index is 13.0. The molecule has 0 aliphatic carbocycles. The highest BCUT2D eigenvalue weighted by molar-refractivity contribution is 9.10. The summed E-state index contributed by atoms with van der Waals surface area (Å²) >= 11 is 3.35. The number of hydrogen-bond donors (Lipinski definition) is 1. The van der Waals surface area contributed by atoms with Crippen LogP contribution in [0.5, 0.6) is 5.75 Å². The van der Waals surface area contributed by atoms with Gasteiger partial charge in [-0.15, -0.1) is 0 Å². The van der Waals surface area contributed by atoms with Crippen LogP contribution >= 0.6 is 15.9 Å². The summed E-state index contributed by atoms with van der Waals surface area (Å²) in [4.78, 5) is 12.2. The fourth-order valence-corrected chi connectivity index (χ4v) is 5.21. The zero-order valence-corrected chi connectivity index (χ0v) is 18.3. The van der Waals surface area contributed by atoms with Crippen molar-refractivity contribution in [1.29, 1.82) is 0 Å². The normalized spacial score (nSPS) is 13.0. The second-order valence-corrected chi connectivity index (χ2v) is 9.55. The van der Waals surface area contributed by atoms with Crippen LogP contribution in [0.2, 0.25) is 0 Å². The van der Waals surface area contributed by atoms with Gasteiger partial charge in [0, 0.05) is 16.7 Å². The number of amides is 1. The largest absolute Gasteiger partial charge is 0.484 e. The number of nitrogens with zero attached hydrogens (tertiary/aromatic N) is 1. The number of sulfonamides is 1. The summed E-state index contributed by atoms with van der Waals surface area (Å²) in [6.07, 6.45) is 0.698. The molecule has 3 aromatic rings. The van der Waals surface area contributed by atoms with Crippen molar-refractivity contribution < 1.29 is 17.9 Å². The van der Waals surface area contributed by atoms with Crippen molar-refractivity contribution in [3.63, 3.8) is 0 Å². The minimum Gasteiger partial charge on any atom is -0.484 e. The summed E-state index contributed by atoms with van der Waals surface area (Å²) in [5.41, 5.74) is 2.41. The average Bonchev–Trinajstić information content (AvgIpc) is 3.18. The third-order valence-corrected chi connectivity index (χ3v) is 7.06. The zero-order chi connectivity index (χ0) is 21.1. The molecule has 1 heterocycles. The van der Waals surface area contributed by atoms with Crippen LogP contribution in [0.15, 0.2) is 82.2 Å². The van der Waals surface area contributed by atoms with Crippen molar-refractivity contribution >= 4 is 43.2 Å². The predicted molar refractivity (Wildman–Crippen MR) is 119 cm³/mol. The van der Waals surface area contributed by atoms with Crippen LogP contribution in [0.1, 0.15) is 5.56 Å². The fourth-order valence-electron chi connectivity index (χ4n) is 3.30. The Balaban J connectivity index is 1.40. The van der Waals surface area contributed by atoms with Crippen molar-refractivity contribution in [2.24, 2.45) is 0 Å². The van der Waals surface area contributed by atoms with Crippen LogP contribution in [-0.2, 0) is 21.2 Å².